The zero-order valence-electron chi connectivity index (χ0n) is 11.6. The van der Waals surface area contributed by atoms with E-state index in [1.165, 1.54) is 0 Å². The van der Waals surface area contributed by atoms with Crippen LogP contribution in [0.4, 0.5) is 0 Å². The van der Waals surface area contributed by atoms with E-state index in [4.69, 9.17) is 14.3 Å². The van der Waals surface area contributed by atoms with E-state index in [2.05, 4.69) is 35.9 Å². The summed E-state index contributed by atoms with van der Waals surface area (Å²) in [6.07, 6.45) is 0. The first-order chi connectivity index (χ1) is 8.43. The molecule has 0 aliphatic rings. The monoisotopic (exact) mass is 257 g/mol. The minimum Gasteiger partial charge on any atom is -0.424 e. The van der Waals surface area contributed by atoms with Gasteiger partial charge in [0.1, 0.15) is 0 Å². The number of aryl methyl sites for hydroxylation is 1. The normalized spacial score (nSPS) is 12.3. The second kappa shape index (κ2) is 6.82. The van der Waals surface area contributed by atoms with Crippen LogP contribution < -0.4 is 0 Å². The summed E-state index contributed by atoms with van der Waals surface area (Å²) >= 11 is 0. The summed E-state index contributed by atoms with van der Waals surface area (Å²) in [6.45, 7) is 10.5. The minimum absolute atomic E-state index is 0.00898. The lowest BCUT2D eigenvalue weighted by atomic mass is 10.1. The van der Waals surface area contributed by atoms with Gasteiger partial charge in [0, 0.05) is 19.0 Å². The van der Waals surface area contributed by atoms with E-state index in [1.54, 1.807) is 6.92 Å². The third kappa shape index (κ3) is 5.12. The van der Waals surface area contributed by atoms with Gasteiger partial charge in [0.25, 0.3) is 0 Å². The molecule has 0 amide bonds. The summed E-state index contributed by atoms with van der Waals surface area (Å²) in [5.41, 5.74) is -0.00898. The maximum Gasteiger partial charge on any atom is 0.230 e. The summed E-state index contributed by atoms with van der Waals surface area (Å²) in [7, 11) is 0. The summed E-state index contributed by atoms with van der Waals surface area (Å²) in [5.74, 6) is 1.19. The average molecular weight is 257 g/mol. The molecule has 0 atom stereocenters. The molecule has 1 aromatic rings. The Balaban J connectivity index is 2.51. The highest BCUT2D eigenvalue weighted by molar-refractivity contribution is 4.84. The van der Waals surface area contributed by atoms with Crippen LogP contribution in [0, 0.1) is 6.92 Å². The van der Waals surface area contributed by atoms with E-state index >= 15 is 0 Å². The molecule has 0 bridgehead atoms. The molecule has 1 aromatic heterocycles. The Hall–Kier alpha value is -0.980. The van der Waals surface area contributed by atoms with E-state index in [0.29, 0.717) is 31.5 Å². The molecule has 0 aromatic carbocycles. The number of nitrogens with zero attached hydrogens (tertiary/aromatic N) is 3. The van der Waals surface area contributed by atoms with Crippen LogP contribution in [0.2, 0.25) is 0 Å². The van der Waals surface area contributed by atoms with Gasteiger partial charge in [0.2, 0.25) is 11.8 Å². The Bertz CT molecular complexity index is 347. The van der Waals surface area contributed by atoms with Crippen molar-refractivity contribution in [3.8, 4) is 0 Å². The van der Waals surface area contributed by atoms with E-state index in [1.807, 2.05) is 0 Å². The molecular weight excluding hydrogens is 234 g/mol. The van der Waals surface area contributed by atoms with E-state index in [0.717, 1.165) is 6.54 Å². The maximum absolute atomic E-state index is 8.66. The van der Waals surface area contributed by atoms with Crippen LogP contribution in [0.15, 0.2) is 4.42 Å². The molecule has 0 fully saturated rings. The van der Waals surface area contributed by atoms with Crippen molar-refractivity contribution >= 4 is 0 Å². The number of aliphatic hydroxyl groups excluding tert-OH is 1. The minimum atomic E-state index is -0.00898. The Morgan fingerprint density at radius 3 is 2.50 bits per heavy atom. The standard InChI is InChI=1S/C12H23N3O3/c1-10-13-14-11(18-10)9-15(12(2,3)4)5-7-17-8-6-16/h16H,5-9H2,1-4H3. The highest BCUT2D eigenvalue weighted by Crippen LogP contribution is 2.16. The molecule has 0 aliphatic carbocycles. The molecule has 104 valence electrons. The fourth-order valence-electron chi connectivity index (χ4n) is 1.56. The van der Waals surface area contributed by atoms with E-state index < -0.39 is 0 Å². The first kappa shape index (κ1) is 15.1. The van der Waals surface area contributed by atoms with Gasteiger partial charge in [-0.25, -0.2) is 0 Å². The molecule has 1 rings (SSSR count). The fourth-order valence-corrected chi connectivity index (χ4v) is 1.56. The highest BCUT2D eigenvalue weighted by atomic mass is 16.5. The molecule has 6 heteroatoms. The van der Waals surface area contributed by atoms with Gasteiger partial charge < -0.3 is 14.3 Å². The Kier molecular flexibility index (Phi) is 5.71. The molecule has 18 heavy (non-hydrogen) atoms. The topological polar surface area (TPSA) is 71.6 Å². The number of rotatable bonds is 7. The maximum atomic E-state index is 8.66. The molecule has 0 spiro atoms. The Morgan fingerprint density at radius 2 is 2.00 bits per heavy atom. The van der Waals surface area contributed by atoms with Crippen LogP contribution >= 0.6 is 0 Å². The van der Waals surface area contributed by atoms with Gasteiger partial charge in [-0.2, -0.15) is 0 Å². The highest BCUT2D eigenvalue weighted by Gasteiger charge is 2.23. The van der Waals surface area contributed by atoms with Gasteiger partial charge in [-0.1, -0.05) is 0 Å². The lowest BCUT2D eigenvalue weighted by Gasteiger charge is -2.34. The predicted octanol–water partition coefficient (Wildman–Crippen LogP) is 0.987. The van der Waals surface area contributed by atoms with Crippen molar-refractivity contribution in [3.05, 3.63) is 11.8 Å². The van der Waals surface area contributed by atoms with Crippen LogP contribution in [0.25, 0.3) is 0 Å². The summed E-state index contributed by atoms with van der Waals surface area (Å²) < 4.78 is 10.7. The smallest absolute Gasteiger partial charge is 0.230 e. The molecule has 0 radical (unpaired) electrons. The molecule has 0 unspecified atom stereocenters. The zero-order valence-corrected chi connectivity index (χ0v) is 11.6. The van der Waals surface area contributed by atoms with Crippen molar-refractivity contribution < 1.29 is 14.3 Å². The SMILES string of the molecule is Cc1nnc(CN(CCOCCO)C(C)(C)C)o1. The largest absolute Gasteiger partial charge is 0.424 e. The van der Waals surface area contributed by atoms with Crippen LogP contribution in [0.3, 0.4) is 0 Å². The number of hydrogen-bond acceptors (Lipinski definition) is 6. The van der Waals surface area contributed by atoms with Crippen molar-refractivity contribution in [3.63, 3.8) is 0 Å². The van der Waals surface area contributed by atoms with Crippen molar-refractivity contribution in [2.75, 3.05) is 26.4 Å². The number of ether oxygens (including phenoxy) is 1. The van der Waals surface area contributed by atoms with E-state index in [9.17, 15) is 0 Å². The lowest BCUT2D eigenvalue weighted by molar-refractivity contribution is 0.0404. The van der Waals surface area contributed by atoms with Crippen molar-refractivity contribution in [1.29, 1.82) is 0 Å². The summed E-state index contributed by atoms with van der Waals surface area (Å²) in [4.78, 5) is 2.21. The number of aromatic nitrogens is 2. The third-order valence-corrected chi connectivity index (χ3v) is 2.58. The molecule has 0 saturated carbocycles. The first-order valence-electron chi connectivity index (χ1n) is 6.16. The van der Waals surface area contributed by atoms with Gasteiger partial charge in [0.05, 0.1) is 26.4 Å². The van der Waals surface area contributed by atoms with Crippen LogP contribution in [-0.2, 0) is 11.3 Å². The predicted molar refractivity (Wildman–Crippen MR) is 67.1 cm³/mol. The molecular formula is C12H23N3O3. The quantitative estimate of drug-likeness (QED) is 0.734. The number of aliphatic hydroxyl groups is 1. The third-order valence-electron chi connectivity index (χ3n) is 2.58. The molecule has 6 nitrogen and oxygen atoms in total. The first-order valence-corrected chi connectivity index (χ1v) is 6.16. The molecule has 0 saturated heterocycles. The summed E-state index contributed by atoms with van der Waals surface area (Å²) in [5, 5.41) is 16.5. The van der Waals surface area contributed by atoms with Gasteiger partial charge in [0.15, 0.2) is 0 Å². The van der Waals surface area contributed by atoms with Crippen molar-refractivity contribution in [2.45, 2.75) is 39.8 Å². The van der Waals surface area contributed by atoms with E-state index in [-0.39, 0.29) is 12.1 Å². The summed E-state index contributed by atoms with van der Waals surface area (Å²) in [6, 6.07) is 0. The van der Waals surface area contributed by atoms with Gasteiger partial charge in [-0.15, -0.1) is 10.2 Å². The molecule has 1 heterocycles. The second-order valence-electron chi connectivity index (χ2n) is 5.14. The van der Waals surface area contributed by atoms with Crippen LogP contribution in [0.1, 0.15) is 32.6 Å². The van der Waals surface area contributed by atoms with Crippen molar-refractivity contribution in [1.82, 2.24) is 15.1 Å². The lowest BCUT2D eigenvalue weighted by Crippen LogP contribution is -2.42. The van der Waals surface area contributed by atoms with Gasteiger partial charge >= 0.3 is 0 Å². The number of hydrogen-bond donors (Lipinski definition) is 1. The Labute approximate surface area is 108 Å². The molecule has 0 aliphatic heterocycles. The van der Waals surface area contributed by atoms with Crippen LogP contribution in [0.5, 0.6) is 0 Å². The average Bonchev–Trinajstić information content (AvgIpc) is 2.67. The van der Waals surface area contributed by atoms with Crippen molar-refractivity contribution in [2.24, 2.45) is 0 Å². The zero-order chi connectivity index (χ0) is 13.6. The molecule has 1 N–H and O–H groups in total. The van der Waals surface area contributed by atoms with Crippen LogP contribution in [-0.4, -0.2) is 52.1 Å². The second-order valence-corrected chi connectivity index (χ2v) is 5.14. The fraction of sp³-hybridized carbons (Fsp3) is 0.833. The van der Waals surface area contributed by atoms with Gasteiger partial charge in [-0.3, -0.25) is 4.90 Å². The Morgan fingerprint density at radius 1 is 1.28 bits per heavy atom. The van der Waals surface area contributed by atoms with Gasteiger partial charge in [-0.05, 0) is 20.8 Å².